The van der Waals surface area contributed by atoms with Crippen LogP contribution in [-0.2, 0) is 17.5 Å². The summed E-state index contributed by atoms with van der Waals surface area (Å²) in [5.74, 6) is 0.0275. The first-order valence-electron chi connectivity index (χ1n) is 7.19. The lowest BCUT2D eigenvalue weighted by Crippen LogP contribution is -2.34. The number of amides is 1. The first-order valence-corrected chi connectivity index (χ1v) is 8.55. The predicted octanol–water partition coefficient (Wildman–Crippen LogP) is 3.43. The second-order valence-corrected chi connectivity index (χ2v) is 6.59. The number of benzene rings is 1. The lowest BCUT2D eigenvalue weighted by molar-refractivity contribution is -0.138. The van der Waals surface area contributed by atoms with Crippen LogP contribution in [0.15, 0.2) is 52.3 Å². The fraction of sp³-hybridized carbons (Fsp3) is 0.250. The Morgan fingerprint density at radius 3 is 2.56 bits per heavy atom. The molecule has 1 aromatic heterocycles. The van der Waals surface area contributed by atoms with Crippen LogP contribution in [0.2, 0.25) is 5.02 Å². The highest BCUT2D eigenvalue weighted by Gasteiger charge is 2.32. The highest BCUT2D eigenvalue weighted by molar-refractivity contribution is 7.99. The molecule has 0 radical (unpaired) electrons. The van der Waals surface area contributed by atoms with Crippen molar-refractivity contribution in [3.63, 3.8) is 0 Å². The Hall–Kier alpha value is -1.93. The molecule has 25 heavy (non-hydrogen) atoms. The van der Waals surface area contributed by atoms with Crippen molar-refractivity contribution in [2.45, 2.75) is 17.6 Å². The fourth-order valence-corrected chi connectivity index (χ4v) is 2.97. The Bertz CT molecular complexity index is 794. The maximum atomic E-state index is 12.7. The molecule has 0 aliphatic carbocycles. The summed E-state index contributed by atoms with van der Waals surface area (Å²) in [6, 6.07) is 10.1. The molecule has 1 N–H and O–H groups in total. The first-order chi connectivity index (χ1) is 11.8. The third-order valence-corrected chi connectivity index (χ3v) is 4.40. The molecule has 0 saturated carbocycles. The van der Waals surface area contributed by atoms with E-state index in [4.69, 9.17) is 11.6 Å². The van der Waals surface area contributed by atoms with E-state index >= 15 is 0 Å². The molecule has 1 heterocycles. The molecule has 0 bridgehead atoms. The van der Waals surface area contributed by atoms with Gasteiger partial charge in [-0.3, -0.25) is 9.59 Å². The average molecular weight is 391 g/mol. The van der Waals surface area contributed by atoms with Crippen molar-refractivity contribution in [2.75, 3.05) is 12.3 Å². The van der Waals surface area contributed by atoms with E-state index < -0.39 is 34.8 Å². The third kappa shape index (κ3) is 5.82. The van der Waals surface area contributed by atoms with Gasteiger partial charge in [0.25, 0.3) is 5.56 Å². The zero-order chi connectivity index (χ0) is 18.4. The SMILES string of the molecule is O=C(Cn1cc(C(F)(F)F)cc(Cl)c1=O)NCCSc1ccccc1. The van der Waals surface area contributed by atoms with E-state index in [2.05, 4.69) is 5.32 Å². The molecule has 1 aromatic carbocycles. The highest BCUT2D eigenvalue weighted by Crippen LogP contribution is 2.29. The minimum absolute atomic E-state index is 0.319. The van der Waals surface area contributed by atoms with Crippen LogP contribution in [0, 0.1) is 0 Å². The second kappa shape index (κ2) is 8.44. The summed E-state index contributed by atoms with van der Waals surface area (Å²) in [5.41, 5.74) is -1.92. The number of nitrogens with zero attached hydrogens (tertiary/aromatic N) is 1. The van der Waals surface area contributed by atoms with Crippen molar-refractivity contribution in [1.29, 1.82) is 0 Å². The summed E-state index contributed by atoms with van der Waals surface area (Å²) >= 11 is 7.06. The van der Waals surface area contributed by atoms with Crippen LogP contribution in [0.1, 0.15) is 5.56 Å². The number of pyridine rings is 1. The van der Waals surface area contributed by atoms with Gasteiger partial charge in [0.05, 0.1) is 5.56 Å². The van der Waals surface area contributed by atoms with Gasteiger partial charge in [0.1, 0.15) is 11.6 Å². The smallest absolute Gasteiger partial charge is 0.354 e. The third-order valence-electron chi connectivity index (χ3n) is 3.12. The van der Waals surface area contributed by atoms with Gasteiger partial charge in [-0.05, 0) is 18.2 Å². The second-order valence-electron chi connectivity index (χ2n) is 5.02. The van der Waals surface area contributed by atoms with Gasteiger partial charge < -0.3 is 9.88 Å². The van der Waals surface area contributed by atoms with Crippen LogP contribution in [-0.4, -0.2) is 22.8 Å². The van der Waals surface area contributed by atoms with Gasteiger partial charge in [-0.1, -0.05) is 29.8 Å². The number of nitrogens with one attached hydrogen (secondary N) is 1. The lowest BCUT2D eigenvalue weighted by Gasteiger charge is -2.12. The molecular formula is C16H14ClF3N2O2S. The van der Waals surface area contributed by atoms with Crippen LogP contribution in [0.5, 0.6) is 0 Å². The van der Waals surface area contributed by atoms with Crippen molar-refractivity contribution in [3.05, 3.63) is 63.5 Å². The topological polar surface area (TPSA) is 51.1 Å². The van der Waals surface area contributed by atoms with E-state index in [9.17, 15) is 22.8 Å². The molecule has 0 aliphatic heterocycles. The molecule has 0 saturated heterocycles. The molecule has 9 heteroatoms. The van der Waals surface area contributed by atoms with Crippen LogP contribution in [0.4, 0.5) is 13.2 Å². The molecule has 134 valence electrons. The molecule has 0 unspecified atom stereocenters. The molecule has 0 atom stereocenters. The zero-order valence-electron chi connectivity index (χ0n) is 12.8. The quantitative estimate of drug-likeness (QED) is 0.607. The van der Waals surface area contributed by atoms with E-state index in [0.717, 1.165) is 4.90 Å². The number of carbonyl (C=O) groups is 1. The van der Waals surface area contributed by atoms with Crippen molar-refractivity contribution in [2.24, 2.45) is 0 Å². The van der Waals surface area contributed by atoms with Gasteiger partial charge in [0.2, 0.25) is 5.91 Å². The standard InChI is InChI=1S/C16H14ClF3N2O2S/c17-13-8-11(16(18,19)20)9-22(15(13)24)10-14(23)21-6-7-25-12-4-2-1-3-5-12/h1-5,8-9H,6-7,10H2,(H,21,23). The Balaban J connectivity index is 1.92. The summed E-state index contributed by atoms with van der Waals surface area (Å²) in [4.78, 5) is 24.7. The van der Waals surface area contributed by atoms with Gasteiger partial charge in [-0.15, -0.1) is 11.8 Å². The number of aromatic nitrogens is 1. The average Bonchev–Trinajstić information content (AvgIpc) is 2.55. The van der Waals surface area contributed by atoms with Gasteiger partial charge >= 0.3 is 6.18 Å². The number of hydrogen-bond donors (Lipinski definition) is 1. The number of alkyl halides is 3. The summed E-state index contributed by atoms with van der Waals surface area (Å²) < 4.78 is 38.9. The number of rotatable bonds is 6. The minimum atomic E-state index is -4.65. The Kier molecular flexibility index (Phi) is 6.55. The Labute approximate surface area is 151 Å². The molecular weight excluding hydrogens is 377 g/mol. The molecule has 0 aliphatic rings. The van der Waals surface area contributed by atoms with Gasteiger partial charge in [0, 0.05) is 23.4 Å². The van der Waals surface area contributed by atoms with Crippen molar-refractivity contribution < 1.29 is 18.0 Å². The molecule has 0 fully saturated rings. The van der Waals surface area contributed by atoms with Crippen molar-refractivity contribution >= 4 is 29.3 Å². The van der Waals surface area contributed by atoms with E-state index in [0.29, 0.717) is 29.1 Å². The summed E-state index contributed by atoms with van der Waals surface area (Å²) in [6.45, 7) is -0.210. The van der Waals surface area contributed by atoms with E-state index in [1.54, 1.807) is 0 Å². The molecule has 4 nitrogen and oxygen atoms in total. The van der Waals surface area contributed by atoms with Gasteiger partial charge in [0.15, 0.2) is 0 Å². The van der Waals surface area contributed by atoms with E-state index in [1.165, 1.54) is 11.8 Å². The highest BCUT2D eigenvalue weighted by atomic mass is 35.5. The van der Waals surface area contributed by atoms with E-state index in [1.807, 2.05) is 30.3 Å². The molecule has 0 spiro atoms. The summed E-state index contributed by atoms with van der Waals surface area (Å²) in [7, 11) is 0. The van der Waals surface area contributed by atoms with E-state index in [-0.39, 0.29) is 0 Å². The Morgan fingerprint density at radius 2 is 1.92 bits per heavy atom. The maximum Gasteiger partial charge on any atom is 0.417 e. The van der Waals surface area contributed by atoms with Crippen molar-refractivity contribution in [3.8, 4) is 0 Å². The Morgan fingerprint density at radius 1 is 1.24 bits per heavy atom. The summed E-state index contributed by atoms with van der Waals surface area (Å²) in [6.07, 6.45) is -4.06. The molecule has 1 amide bonds. The van der Waals surface area contributed by atoms with Crippen LogP contribution in [0.25, 0.3) is 0 Å². The van der Waals surface area contributed by atoms with Gasteiger partial charge in [-0.2, -0.15) is 13.2 Å². The van der Waals surface area contributed by atoms with Crippen LogP contribution < -0.4 is 10.9 Å². The fourth-order valence-electron chi connectivity index (χ4n) is 1.96. The largest absolute Gasteiger partial charge is 0.417 e. The number of halogens is 4. The number of thioether (sulfide) groups is 1. The van der Waals surface area contributed by atoms with Gasteiger partial charge in [-0.25, -0.2) is 0 Å². The number of carbonyl (C=O) groups excluding carboxylic acids is 1. The minimum Gasteiger partial charge on any atom is -0.354 e. The lowest BCUT2D eigenvalue weighted by atomic mass is 10.2. The van der Waals surface area contributed by atoms with Crippen LogP contribution >= 0.6 is 23.4 Å². The van der Waals surface area contributed by atoms with Crippen LogP contribution in [0.3, 0.4) is 0 Å². The first kappa shape index (κ1) is 19.4. The molecule has 2 aromatic rings. The molecule has 2 rings (SSSR count). The normalized spacial score (nSPS) is 11.4. The zero-order valence-corrected chi connectivity index (χ0v) is 14.4. The monoisotopic (exact) mass is 390 g/mol. The maximum absolute atomic E-state index is 12.7. The number of hydrogen-bond acceptors (Lipinski definition) is 3. The summed E-state index contributed by atoms with van der Waals surface area (Å²) in [5, 5.41) is 1.98. The predicted molar refractivity (Wildman–Crippen MR) is 90.9 cm³/mol. The van der Waals surface area contributed by atoms with Crippen molar-refractivity contribution in [1.82, 2.24) is 9.88 Å².